The molecule has 0 amide bonds. The van der Waals surface area contributed by atoms with Crippen LogP contribution in [0.1, 0.15) is 5.56 Å². The number of hydrogen-bond donors (Lipinski definition) is 0. The Kier molecular flexibility index (Phi) is 2.93. The number of halogens is 2. The molecule has 0 bridgehead atoms. The Bertz CT molecular complexity index is 767. The summed E-state index contributed by atoms with van der Waals surface area (Å²) in [4.78, 5) is 1.64. The van der Waals surface area contributed by atoms with E-state index in [0.717, 1.165) is 12.1 Å². The average molecular weight is 296 g/mol. The van der Waals surface area contributed by atoms with E-state index in [1.807, 2.05) is 0 Å². The van der Waals surface area contributed by atoms with Gasteiger partial charge in [-0.1, -0.05) is 0 Å². The van der Waals surface area contributed by atoms with Gasteiger partial charge in [0.05, 0.1) is 5.75 Å². The van der Waals surface area contributed by atoms with Crippen LogP contribution >= 0.6 is 0 Å². The fourth-order valence-electron chi connectivity index (χ4n) is 2.13. The van der Waals surface area contributed by atoms with Gasteiger partial charge in [-0.05, 0) is 24.3 Å². The van der Waals surface area contributed by atoms with Crippen LogP contribution in [-0.2, 0) is 10.0 Å². The quantitative estimate of drug-likeness (QED) is 0.795. The highest BCUT2D eigenvalue weighted by molar-refractivity contribution is 7.90. The van der Waals surface area contributed by atoms with E-state index in [1.165, 1.54) is 6.07 Å². The largest absolute Gasteiger partial charge is 0.331 e. The van der Waals surface area contributed by atoms with Crippen LogP contribution < -0.4 is 0 Å². The first-order chi connectivity index (χ1) is 9.46. The number of hydrogen-bond acceptors (Lipinski definition) is 3. The van der Waals surface area contributed by atoms with Crippen molar-refractivity contribution in [3.05, 3.63) is 53.7 Å². The topological polar surface area (TPSA) is 49.7 Å². The summed E-state index contributed by atoms with van der Waals surface area (Å²) in [5.74, 6) is -1.35. The molecule has 3 rings (SSSR count). The number of rotatable bonds is 1. The SMILES string of the molecule is O=S1(=O)CCN2C=CC=C(c3ccc(F)cc3F)C2=N1. The zero-order valence-electron chi connectivity index (χ0n) is 10.3. The highest BCUT2D eigenvalue weighted by Crippen LogP contribution is 2.27. The molecular weight excluding hydrogens is 286 g/mol. The molecule has 0 N–H and O–H groups in total. The van der Waals surface area contributed by atoms with Gasteiger partial charge in [0, 0.05) is 29.9 Å². The van der Waals surface area contributed by atoms with Crippen molar-refractivity contribution in [2.75, 3.05) is 12.3 Å². The van der Waals surface area contributed by atoms with Crippen LogP contribution in [0.15, 0.2) is 40.9 Å². The molecule has 1 aromatic rings. The minimum Gasteiger partial charge on any atom is -0.331 e. The third-order valence-electron chi connectivity index (χ3n) is 3.08. The summed E-state index contributed by atoms with van der Waals surface area (Å²) in [5, 5.41) is 0. The Labute approximate surface area is 114 Å². The maximum Gasteiger partial charge on any atom is 0.256 e. The molecule has 2 aliphatic rings. The minimum atomic E-state index is -3.54. The van der Waals surface area contributed by atoms with Crippen molar-refractivity contribution in [3.63, 3.8) is 0 Å². The molecule has 0 saturated heterocycles. The molecule has 0 spiro atoms. The molecule has 1 aromatic carbocycles. The predicted molar refractivity (Wildman–Crippen MR) is 71.4 cm³/mol. The van der Waals surface area contributed by atoms with Crippen molar-refractivity contribution in [2.24, 2.45) is 4.40 Å². The summed E-state index contributed by atoms with van der Waals surface area (Å²) >= 11 is 0. The molecular formula is C13H10F2N2O2S. The Morgan fingerprint density at radius 2 is 2.05 bits per heavy atom. The highest BCUT2D eigenvalue weighted by Gasteiger charge is 2.28. The Hall–Kier alpha value is -2.02. The van der Waals surface area contributed by atoms with Gasteiger partial charge in [-0.15, -0.1) is 4.40 Å². The fourth-order valence-corrected chi connectivity index (χ4v) is 3.12. The fraction of sp³-hybridized carbons (Fsp3) is 0.154. The van der Waals surface area contributed by atoms with Gasteiger partial charge in [-0.2, -0.15) is 0 Å². The predicted octanol–water partition coefficient (Wildman–Crippen LogP) is 1.92. The van der Waals surface area contributed by atoms with Crippen LogP contribution in [0.3, 0.4) is 0 Å². The monoisotopic (exact) mass is 296 g/mol. The minimum absolute atomic E-state index is 0.0833. The van der Waals surface area contributed by atoms with E-state index in [-0.39, 0.29) is 23.7 Å². The van der Waals surface area contributed by atoms with Crippen LogP contribution in [0.5, 0.6) is 0 Å². The highest BCUT2D eigenvalue weighted by atomic mass is 32.2. The lowest BCUT2D eigenvalue weighted by Gasteiger charge is -2.29. The number of sulfonamides is 1. The van der Waals surface area contributed by atoms with Crippen LogP contribution in [0.25, 0.3) is 5.57 Å². The number of fused-ring (bicyclic) bond motifs is 1. The number of benzene rings is 1. The van der Waals surface area contributed by atoms with Crippen LogP contribution in [0.4, 0.5) is 8.78 Å². The molecule has 0 fully saturated rings. The average Bonchev–Trinajstić information content (AvgIpc) is 2.38. The summed E-state index contributed by atoms with van der Waals surface area (Å²) in [5.41, 5.74) is 0.449. The molecule has 0 aromatic heterocycles. The zero-order valence-corrected chi connectivity index (χ0v) is 11.1. The molecule has 0 saturated carbocycles. The van der Waals surface area contributed by atoms with Crippen molar-refractivity contribution in [3.8, 4) is 0 Å². The van der Waals surface area contributed by atoms with Gasteiger partial charge in [0.25, 0.3) is 10.0 Å². The van der Waals surface area contributed by atoms with Gasteiger partial charge >= 0.3 is 0 Å². The molecule has 0 atom stereocenters. The van der Waals surface area contributed by atoms with Gasteiger partial charge in [0.2, 0.25) is 0 Å². The molecule has 0 unspecified atom stereocenters. The molecule has 2 aliphatic heterocycles. The molecule has 2 heterocycles. The summed E-state index contributed by atoms with van der Waals surface area (Å²) < 4.78 is 53.7. The Balaban J connectivity index is 2.15. The van der Waals surface area contributed by atoms with E-state index in [9.17, 15) is 17.2 Å². The smallest absolute Gasteiger partial charge is 0.256 e. The maximum atomic E-state index is 13.9. The zero-order chi connectivity index (χ0) is 14.3. The van der Waals surface area contributed by atoms with E-state index in [4.69, 9.17) is 0 Å². The molecule has 4 nitrogen and oxygen atoms in total. The Morgan fingerprint density at radius 3 is 2.80 bits per heavy atom. The van der Waals surface area contributed by atoms with Crippen LogP contribution in [0, 0.1) is 11.6 Å². The lowest BCUT2D eigenvalue weighted by atomic mass is 10.0. The second-order valence-electron chi connectivity index (χ2n) is 4.44. The van der Waals surface area contributed by atoms with Gasteiger partial charge in [0.15, 0.2) is 5.84 Å². The lowest BCUT2D eigenvalue weighted by molar-refractivity contribution is 0.548. The first-order valence-corrected chi connectivity index (χ1v) is 7.51. The van der Waals surface area contributed by atoms with Crippen LogP contribution in [0.2, 0.25) is 0 Å². The van der Waals surface area contributed by atoms with Crippen molar-refractivity contribution in [1.29, 1.82) is 0 Å². The summed E-state index contributed by atoms with van der Waals surface area (Å²) in [6.07, 6.45) is 4.92. The molecule has 104 valence electrons. The van der Waals surface area contributed by atoms with E-state index < -0.39 is 21.7 Å². The van der Waals surface area contributed by atoms with Crippen molar-refractivity contribution in [1.82, 2.24) is 4.90 Å². The standard InChI is InChI=1S/C13H10F2N2O2S/c14-9-3-4-10(12(15)8-9)11-2-1-5-17-6-7-20(18,19)16-13(11)17/h1-5,8H,6-7H2. The first kappa shape index (κ1) is 13.0. The molecule has 20 heavy (non-hydrogen) atoms. The van der Waals surface area contributed by atoms with Crippen LogP contribution in [-0.4, -0.2) is 31.5 Å². The van der Waals surface area contributed by atoms with Crippen molar-refractivity contribution >= 4 is 21.4 Å². The lowest BCUT2D eigenvalue weighted by Crippen LogP contribution is -2.37. The number of nitrogens with zero attached hydrogens (tertiary/aromatic N) is 2. The number of allylic oxidation sites excluding steroid dienone is 2. The normalized spacial score (nSPS) is 20.2. The summed E-state index contributed by atoms with van der Waals surface area (Å²) in [7, 11) is -3.54. The van der Waals surface area contributed by atoms with E-state index >= 15 is 0 Å². The van der Waals surface area contributed by atoms with Gasteiger partial charge < -0.3 is 4.90 Å². The van der Waals surface area contributed by atoms with Gasteiger partial charge in [-0.25, -0.2) is 17.2 Å². The van der Waals surface area contributed by atoms with E-state index in [2.05, 4.69) is 4.40 Å². The van der Waals surface area contributed by atoms with Crippen molar-refractivity contribution in [2.45, 2.75) is 0 Å². The first-order valence-electron chi connectivity index (χ1n) is 5.90. The van der Waals surface area contributed by atoms with Gasteiger partial charge in [-0.3, -0.25) is 0 Å². The third kappa shape index (κ3) is 2.24. The van der Waals surface area contributed by atoms with E-state index in [1.54, 1.807) is 23.3 Å². The van der Waals surface area contributed by atoms with Gasteiger partial charge in [0.1, 0.15) is 11.6 Å². The maximum absolute atomic E-state index is 13.9. The molecule has 0 radical (unpaired) electrons. The second kappa shape index (κ2) is 4.52. The second-order valence-corrected chi connectivity index (χ2v) is 6.20. The molecule has 0 aliphatic carbocycles. The van der Waals surface area contributed by atoms with Crippen molar-refractivity contribution < 1.29 is 17.2 Å². The summed E-state index contributed by atoms with van der Waals surface area (Å²) in [6, 6.07) is 3.16. The van der Waals surface area contributed by atoms with E-state index in [0.29, 0.717) is 5.57 Å². The summed E-state index contributed by atoms with van der Waals surface area (Å²) in [6.45, 7) is 0.262. The molecule has 7 heteroatoms. The number of amidine groups is 1. The Morgan fingerprint density at radius 1 is 1.25 bits per heavy atom. The third-order valence-corrected chi connectivity index (χ3v) is 4.23.